The van der Waals surface area contributed by atoms with Gasteiger partial charge in [-0.15, -0.1) is 0 Å². The van der Waals surface area contributed by atoms with Crippen LogP contribution in [0.3, 0.4) is 0 Å². The summed E-state index contributed by atoms with van der Waals surface area (Å²) >= 11 is 0. The minimum atomic E-state index is -4.24. The largest absolute Gasteiger partial charge is 0.419 e. The summed E-state index contributed by atoms with van der Waals surface area (Å²) in [6.07, 6.45) is -4.24. The van der Waals surface area contributed by atoms with Crippen LogP contribution in [0.4, 0.5) is 13.2 Å². The zero-order chi connectivity index (χ0) is 10.6. The number of hydrogen-bond donors (Lipinski definition) is 0. The molecular weight excluding hydrogens is 209 g/mol. The molecule has 0 radical (unpaired) electrons. The summed E-state index contributed by atoms with van der Waals surface area (Å²) < 4.78 is 41.7. The van der Waals surface area contributed by atoms with Gasteiger partial charge in [0.1, 0.15) is 0 Å². The third kappa shape index (κ3) is 3.15. The first-order valence-corrected chi connectivity index (χ1v) is 5.56. The normalized spacial score (nSPS) is 12.6. The Balaban J connectivity index is 2.69. The summed E-state index contributed by atoms with van der Waals surface area (Å²) in [6, 6.07) is 5.18. The highest BCUT2D eigenvalue weighted by Crippen LogP contribution is 2.28. The predicted octanol–water partition coefficient (Wildman–Crippen LogP) is 1.45. The summed E-state index contributed by atoms with van der Waals surface area (Å²) in [6.45, 7) is 2.49. The van der Waals surface area contributed by atoms with E-state index in [1.165, 1.54) is 12.1 Å². The topological polar surface area (TPSA) is 9.23 Å². The fraction of sp³-hybridized carbons (Fsp3) is 0.333. The zero-order valence-electron chi connectivity index (χ0n) is 7.77. The standard InChI is InChI=1S/C9H11F3OSi/c1-2-13-14-8-5-3-7(4-6-8)9(10,11)12/h3-6H,2,14H2,1H3. The van der Waals surface area contributed by atoms with Gasteiger partial charge in [0.2, 0.25) is 0 Å². The van der Waals surface area contributed by atoms with Crippen LogP contribution < -0.4 is 5.19 Å². The fourth-order valence-corrected chi connectivity index (χ4v) is 1.88. The lowest BCUT2D eigenvalue weighted by atomic mass is 10.2. The van der Waals surface area contributed by atoms with E-state index in [4.69, 9.17) is 4.43 Å². The van der Waals surface area contributed by atoms with Crippen molar-refractivity contribution in [1.82, 2.24) is 0 Å². The van der Waals surface area contributed by atoms with Crippen LogP contribution in [0, 0.1) is 0 Å². The van der Waals surface area contributed by atoms with Gasteiger partial charge >= 0.3 is 6.18 Å². The first-order valence-electron chi connectivity index (χ1n) is 4.28. The first kappa shape index (κ1) is 11.3. The highest BCUT2D eigenvalue weighted by atomic mass is 28.2. The Morgan fingerprint density at radius 1 is 1.21 bits per heavy atom. The lowest BCUT2D eigenvalue weighted by Gasteiger charge is -2.07. The minimum absolute atomic E-state index is 0.605. The van der Waals surface area contributed by atoms with Crippen molar-refractivity contribution in [2.45, 2.75) is 13.1 Å². The van der Waals surface area contributed by atoms with E-state index in [-0.39, 0.29) is 0 Å². The summed E-state index contributed by atoms with van der Waals surface area (Å²) in [5.41, 5.74) is -0.605. The van der Waals surface area contributed by atoms with Crippen molar-refractivity contribution in [3.8, 4) is 0 Å². The second-order valence-corrected chi connectivity index (χ2v) is 4.35. The Morgan fingerprint density at radius 3 is 2.21 bits per heavy atom. The molecule has 0 aliphatic rings. The van der Waals surface area contributed by atoms with E-state index >= 15 is 0 Å². The maximum atomic E-state index is 12.2. The predicted molar refractivity (Wildman–Crippen MR) is 51.2 cm³/mol. The Kier molecular flexibility index (Phi) is 3.71. The van der Waals surface area contributed by atoms with Crippen LogP contribution in [0.15, 0.2) is 24.3 Å². The molecule has 0 saturated carbocycles. The molecule has 0 saturated heterocycles. The Labute approximate surface area is 82.8 Å². The van der Waals surface area contributed by atoms with E-state index in [9.17, 15) is 13.2 Å². The Morgan fingerprint density at radius 2 is 1.79 bits per heavy atom. The summed E-state index contributed by atoms with van der Waals surface area (Å²) in [4.78, 5) is 0. The van der Waals surface area contributed by atoms with E-state index in [0.29, 0.717) is 6.61 Å². The molecule has 0 amide bonds. The van der Waals surface area contributed by atoms with Crippen LogP contribution in [0.2, 0.25) is 0 Å². The molecule has 0 aliphatic carbocycles. The van der Waals surface area contributed by atoms with Crippen molar-refractivity contribution < 1.29 is 17.6 Å². The van der Waals surface area contributed by atoms with Gasteiger partial charge in [-0.3, -0.25) is 0 Å². The Bertz CT molecular complexity index is 281. The number of alkyl halides is 3. The van der Waals surface area contributed by atoms with Crippen LogP contribution >= 0.6 is 0 Å². The quantitative estimate of drug-likeness (QED) is 0.701. The first-order chi connectivity index (χ1) is 6.54. The molecular formula is C9H11F3OSi. The smallest absolute Gasteiger partial charge is 0.416 e. The number of halogens is 3. The molecule has 0 unspecified atom stereocenters. The van der Waals surface area contributed by atoms with E-state index < -0.39 is 21.5 Å². The van der Waals surface area contributed by atoms with Crippen molar-refractivity contribution in [3.05, 3.63) is 29.8 Å². The molecule has 0 atom stereocenters. The van der Waals surface area contributed by atoms with Gasteiger partial charge in [0, 0.05) is 6.61 Å². The van der Waals surface area contributed by atoms with Crippen LogP contribution in [-0.2, 0) is 10.6 Å². The molecule has 1 aromatic carbocycles. The zero-order valence-corrected chi connectivity index (χ0v) is 9.18. The van der Waals surface area contributed by atoms with Gasteiger partial charge in [0.15, 0.2) is 9.76 Å². The SMILES string of the molecule is CCO[SiH2]c1ccc(C(F)(F)F)cc1. The van der Waals surface area contributed by atoms with Crippen LogP contribution in [-0.4, -0.2) is 16.4 Å². The molecule has 0 fully saturated rings. The van der Waals surface area contributed by atoms with E-state index in [0.717, 1.165) is 17.3 Å². The van der Waals surface area contributed by atoms with Crippen molar-refractivity contribution in [2.75, 3.05) is 6.61 Å². The molecule has 5 heteroatoms. The van der Waals surface area contributed by atoms with Gasteiger partial charge in [-0.2, -0.15) is 13.2 Å². The van der Waals surface area contributed by atoms with Gasteiger partial charge in [-0.05, 0) is 12.1 Å². The third-order valence-electron chi connectivity index (χ3n) is 1.75. The van der Waals surface area contributed by atoms with Crippen LogP contribution in [0.1, 0.15) is 12.5 Å². The highest BCUT2D eigenvalue weighted by molar-refractivity contribution is 6.46. The second-order valence-electron chi connectivity index (χ2n) is 2.83. The highest BCUT2D eigenvalue weighted by Gasteiger charge is 2.29. The second kappa shape index (κ2) is 4.61. The molecule has 0 heterocycles. The maximum absolute atomic E-state index is 12.2. The third-order valence-corrected chi connectivity index (χ3v) is 3.17. The molecule has 0 aliphatic heterocycles. The average molecular weight is 220 g/mol. The number of hydrogen-bond acceptors (Lipinski definition) is 1. The molecule has 0 bridgehead atoms. The maximum Gasteiger partial charge on any atom is 0.416 e. The van der Waals surface area contributed by atoms with E-state index in [1.807, 2.05) is 6.92 Å². The van der Waals surface area contributed by atoms with Crippen molar-refractivity contribution in [1.29, 1.82) is 0 Å². The van der Waals surface area contributed by atoms with Crippen molar-refractivity contribution in [2.24, 2.45) is 0 Å². The molecule has 78 valence electrons. The molecule has 1 rings (SSSR count). The molecule has 1 aromatic rings. The van der Waals surface area contributed by atoms with Crippen molar-refractivity contribution in [3.63, 3.8) is 0 Å². The fourth-order valence-electron chi connectivity index (χ4n) is 1.01. The van der Waals surface area contributed by atoms with Crippen molar-refractivity contribution >= 4 is 14.9 Å². The van der Waals surface area contributed by atoms with Gasteiger partial charge in [-0.25, -0.2) is 0 Å². The summed E-state index contributed by atoms with van der Waals surface area (Å²) in [5.74, 6) is 0. The molecule has 14 heavy (non-hydrogen) atoms. The molecule has 0 aromatic heterocycles. The van der Waals surface area contributed by atoms with Crippen LogP contribution in [0.5, 0.6) is 0 Å². The molecule has 0 N–H and O–H groups in total. The monoisotopic (exact) mass is 220 g/mol. The van der Waals surface area contributed by atoms with Gasteiger partial charge in [0.25, 0.3) is 0 Å². The number of rotatable bonds is 3. The number of benzene rings is 1. The summed E-state index contributed by atoms with van der Waals surface area (Å²) in [7, 11) is -0.839. The average Bonchev–Trinajstić information content (AvgIpc) is 2.14. The Hall–Kier alpha value is -0.813. The lowest BCUT2D eigenvalue weighted by Crippen LogP contribution is -2.18. The van der Waals surface area contributed by atoms with Gasteiger partial charge in [0.05, 0.1) is 5.56 Å². The van der Waals surface area contributed by atoms with E-state index in [1.54, 1.807) is 0 Å². The molecule has 0 spiro atoms. The molecule has 1 nitrogen and oxygen atoms in total. The van der Waals surface area contributed by atoms with Gasteiger partial charge < -0.3 is 4.43 Å². The van der Waals surface area contributed by atoms with Crippen LogP contribution in [0.25, 0.3) is 0 Å². The van der Waals surface area contributed by atoms with E-state index in [2.05, 4.69) is 0 Å². The lowest BCUT2D eigenvalue weighted by molar-refractivity contribution is -0.137. The summed E-state index contributed by atoms with van der Waals surface area (Å²) in [5, 5.41) is 0.889. The van der Waals surface area contributed by atoms with Gasteiger partial charge in [-0.1, -0.05) is 24.3 Å². The minimum Gasteiger partial charge on any atom is -0.419 e.